The number of carboxylic acids is 1. The summed E-state index contributed by atoms with van der Waals surface area (Å²) in [6, 6.07) is -0.690. The molecule has 0 aliphatic carbocycles. The molecule has 0 saturated carbocycles. The minimum Gasteiger partial charge on any atom is -0.480 e. The van der Waals surface area contributed by atoms with Gasteiger partial charge in [0.15, 0.2) is 0 Å². The number of hydrogen-bond donors (Lipinski definition) is 3. The van der Waals surface area contributed by atoms with Crippen molar-refractivity contribution in [3.8, 4) is 0 Å². The van der Waals surface area contributed by atoms with Crippen LogP contribution >= 0.6 is 11.6 Å². The van der Waals surface area contributed by atoms with Crippen molar-refractivity contribution in [2.45, 2.75) is 43.5 Å². The van der Waals surface area contributed by atoms with Crippen molar-refractivity contribution in [1.29, 1.82) is 0 Å². The number of hydrogen-bond acceptors (Lipinski definition) is 4. The molecule has 1 fully saturated rings. The van der Waals surface area contributed by atoms with Gasteiger partial charge in [0.2, 0.25) is 0 Å². The van der Waals surface area contributed by atoms with Crippen LogP contribution in [0.5, 0.6) is 0 Å². The summed E-state index contributed by atoms with van der Waals surface area (Å²) in [6.07, 6.45) is 0.723. The highest BCUT2D eigenvalue weighted by atomic mass is 35.5. The van der Waals surface area contributed by atoms with Crippen molar-refractivity contribution in [3.05, 3.63) is 0 Å². The van der Waals surface area contributed by atoms with Gasteiger partial charge in [-0.25, -0.2) is 0 Å². The molecule has 1 saturated heterocycles. The number of nitrogens with two attached hydrogens (primary N) is 1. The van der Waals surface area contributed by atoms with Gasteiger partial charge in [0.05, 0.1) is 6.61 Å². The third-order valence-corrected chi connectivity index (χ3v) is 2.56. The minimum absolute atomic E-state index is 0.0641. The van der Waals surface area contributed by atoms with Gasteiger partial charge in [-0.3, -0.25) is 10.1 Å². The first-order valence-electron chi connectivity index (χ1n) is 4.99. The number of ether oxygens (including phenoxy) is 1. The highest BCUT2D eigenvalue weighted by Crippen LogP contribution is 2.19. The summed E-state index contributed by atoms with van der Waals surface area (Å²) < 4.78 is 5.41. The summed E-state index contributed by atoms with van der Waals surface area (Å²) in [6.45, 7) is 2.23. The topological polar surface area (TPSA) is 84.6 Å². The zero-order valence-electron chi connectivity index (χ0n) is 8.65. The lowest BCUT2D eigenvalue weighted by atomic mass is 10.0. The van der Waals surface area contributed by atoms with E-state index in [4.69, 9.17) is 27.2 Å². The predicted octanol–water partition coefficient (Wildman–Crippen LogP) is 0.120. The molecule has 1 aliphatic heterocycles. The van der Waals surface area contributed by atoms with Gasteiger partial charge < -0.3 is 15.6 Å². The summed E-state index contributed by atoms with van der Waals surface area (Å²) in [5, 5.41) is 11.6. The van der Waals surface area contributed by atoms with Crippen LogP contribution in [0.2, 0.25) is 0 Å². The number of carboxylic acid groups (broad SMARTS) is 1. The van der Waals surface area contributed by atoms with Gasteiger partial charge in [0, 0.05) is 17.8 Å². The molecule has 4 N–H and O–H groups in total. The van der Waals surface area contributed by atoms with E-state index in [0.717, 1.165) is 0 Å². The SMILES string of the molecule is CC(N)COC1CC(Cl)CC(C(=O)O)N1. The number of halogens is 1. The molecule has 0 spiro atoms. The van der Waals surface area contributed by atoms with E-state index < -0.39 is 12.0 Å². The fourth-order valence-corrected chi connectivity index (χ4v) is 1.84. The summed E-state index contributed by atoms with van der Waals surface area (Å²) >= 11 is 5.95. The van der Waals surface area contributed by atoms with Gasteiger partial charge in [-0.05, 0) is 13.3 Å². The molecular weight excluding hydrogens is 220 g/mol. The van der Waals surface area contributed by atoms with E-state index in [2.05, 4.69) is 5.32 Å². The Balaban J connectivity index is 2.41. The standard InChI is InChI=1S/C9H17ClN2O3/c1-5(11)4-15-8-3-6(10)2-7(12-8)9(13)14/h5-8,12H,2-4,11H2,1H3,(H,13,14). The third kappa shape index (κ3) is 4.34. The molecule has 15 heavy (non-hydrogen) atoms. The maximum atomic E-state index is 10.8. The van der Waals surface area contributed by atoms with Gasteiger partial charge in [-0.15, -0.1) is 11.6 Å². The molecule has 1 rings (SSSR count). The predicted molar refractivity (Wildman–Crippen MR) is 56.8 cm³/mol. The first-order chi connectivity index (χ1) is 6.99. The van der Waals surface area contributed by atoms with Crippen LogP contribution in [0.4, 0.5) is 0 Å². The Labute approximate surface area is 93.9 Å². The maximum Gasteiger partial charge on any atom is 0.320 e. The van der Waals surface area contributed by atoms with E-state index >= 15 is 0 Å². The molecule has 0 aromatic rings. The van der Waals surface area contributed by atoms with Crippen LogP contribution in [0.1, 0.15) is 19.8 Å². The van der Waals surface area contributed by atoms with Gasteiger partial charge in [0.25, 0.3) is 0 Å². The van der Waals surface area contributed by atoms with Crippen LogP contribution in [0.3, 0.4) is 0 Å². The van der Waals surface area contributed by atoms with Crippen molar-refractivity contribution in [2.24, 2.45) is 5.73 Å². The Kier molecular flexibility index (Phi) is 4.79. The largest absolute Gasteiger partial charge is 0.480 e. The molecule has 0 aromatic heterocycles. The van der Waals surface area contributed by atoms with Crippen molar-refractivity contribution < 1.29 is 14.6 Å². The molecule has 0 aromatic carbocycles. The summed E-state index contributed by atoms with van der Waals surface area (Å²) in [7, 11) is 0. The van der Waals surface area contributed by atoms with Crippen LogP contribution in [-0.4, -0.2) is 41.4 Å². The number of alkyl halides is 1. The second-order valence-electron chi connectivity index (χ2n) is 3.93. The Bertz CT molecular complexity index is 225. The molecule has 6 heteroatoms. The second kappa shape index (κ2) is 5.65. The molecule has 88 valence electrons. The molecule has 0 radical (unpaired) electrons. The first-order valence-corrected chi connectivity index (χ1v) is 5.42. The zero-order valence-corrected chi connectivity index (χ0v) is 9.41. The molecule has 5 nitrogen and oxygen atoms in total. The Morgan fingerprint density at radius 3 is 2.93 bits per heavy atom. The lowest BCUT2D eigenvalue weighted by molar-refractivity contribution is -0.142. The van der Waals surface area contributed by atoms with Crippen molar-refractivity contribution in [1.82, 2.24) is 5.32 Å². The highest BCUT2D eigenvalue weighted by Gasteiger charge is 2.31. The maximum absolute atomic E-state index is 10.8. The van der Waals surface area contributed by atoms with Gasteiger partial charge in [0.1, 0.15) is 12.3 Å². The van der Waals surface area contributed by atoms with E-state index in [9.17, 15) is 4.79 Å². The summed E-state index contributed by atoms with van der Waals surface area (Å²) in [5.74, 6) is -0.894. The molecule has 0 amide bonds. The molecule has 0 bridgehead atoms. The van der Waals surface area contributed by atoms with Gasteiger partial charge >= 0.3 is 5.97 Å². The van der Waals surface area contributed by atoms with Crippen LogP contribution in [0, 0.1) is 0 Å². The first kappa shape index (κ1) is 12.7. The van der Waals surface area contributed by atoms with Crippen LogP contribution in [-0.2, 0) is 9.53 Å². The van der Waals surface area contributed by atoms with E-state index in [1.807, 2.05) is 6.92 Å². The van der Waals surface area contributed by atoms with E-state index in [1.54, 1.807) is 0 Å². The molecule has 4 atom stereocenters. The summed E-state index contributed by atoms with van der Waals surface area (Å²) in [4.78, 5) is 10.8. The highest BCUT2D eigenvalue weighted by molar-refractivity contribution is 6.20. The lowest BCUT2D eigenvalue weighted by Gasteiger charge is -2.31. The Morgan fingerprint density at radius 1 is 1.73 bits per heavy atom. The Morgan fingerprint density at radius 2 is 2.40 bits per heavy atom. The van der Waals surface area contributed by atoms with Crippen LogP contribution in [0.25, 0.3) is 0 Å². The van der Waals surface area contributed by atoms with Crippen LogP contribution < -0.4 is 11.1 Å². The average molecular weight is 237 g/mol. The average Bonchev–Trinajstić information content (AvgIpc) is 2.13. The normalized spacial score (nSPS) is 33.7. The molecular formula is C9H17ClN2O3. The number of piperidine rings is 1. The number of rotatable bonds is 4. The van der Waals surface area contributed by atoms with Gasteiger partial charge in [-0.1, -0.05) is 0 Å². The van der Waals surface area contributed by atoms with Crippen LogP contribution in [0.15, 0.2) is 0 Å². The van der Waals surface area contributed by atoms with E-state index in [0.29, 0.717) is 19.4 Å². The minimum atomic E-state index is -0.894. The fraction of sp³-hybridized carbons (Fsp3) is 0.889. The van der Waals surface area contributed by atoms with E-state index in [-0.39, 0.29) is 17.6 Å². The van der Waals surface area contributed by atoms with Crippen molar-refractivity contribution >= 4 is 17.6 Å². The molecule has 1 aliphatic rings. The van der Waals surface area contributed by atoms with Crippen molar-refractivity contribution in [2.75, 3.05) is 6.61 Å². The quantitative estimate of drug-likeness (QED) is 0.604. The van der Waals surface area contributed by atoms with Crippen molar-refractivity contribution in [3.63, 3.8) is 0 Å². The third-order valence-electron chi connectivity index (χ3n) is 2.21. The monoisotopic (exact) mass is 236 g/mol. The molecule has 1 heterocycles. The summed E-state index contributed by atoms with van der Waals surface area (Å²) in [5.41, 5.74) is 5.54. The number of nitrogens with one attached hydrogen (secondary N) is 1. The van der Waals surface area contributed by atoms with Gasteiger partial charge in [-0.2, -0.15) is 0 Å². The zero-order chi connectivity index (χ0) is 11.4. The Hall–Kier alpha value is -0.360. The smallest absolute Gasteiger partial charge is 0.320 e. The second-order valence-corrected chi connectivity index (χ2v) is 4.54. The number of aliphatic carboxylic acids is 1. The van der Waals surface area contributed by atoms with E-state index in [1.165, 1.54) is 0 Å². The number of carbonyl (C=O) groups is 1. The fourth-order valence-electron chi connectivity index (χ4n) is 1.50. The lowest BCUT2D eigenvalue weighted by Crippen LogP contribution is -2.51. The molecule has 4 unspecified atom stereocenters.